The maximum absolute atomic E-state index is 6.22. The molecule has 1 aromatic heterocycles. The van der Waals surface area contributed by atoms with Crippen LogP contribution in [0.1, 0.15) is 37.8 Å². The van der Waals surface area contributed by atoms with Crippen molar-refractivity contribution in [3.8, 4) is 11.5 Å². The molecular weight excluding hydrogens is 368 g/mol. The molecule has 0 radical (unpaired) electrons. The number of hydrogen-bond donors (Lipinski definition) is 0. The van der Waals surface area contributed by atoms with Crippen LogP contribution in [0.4, 0.5) is 0 Å². The summed E-state index contributed by atoms with van der Waals surface area (Å²) in [6, 6.07) is 8.56. The molecule has 3 aromatic rings. The number of epoxide rings is 2. The highest BCUT2D eigenvalue weighted by Gasteiger charge is 2.25. The Balaban J connectivity index is 1.55. The third-order valence-corrected chi connectivity index (χ3v) is 5.53. The lowest BCUT2D eigenvalue weighted by molar-refractivity contribution is 0.261. The van der Waals surface area contributed by atoms with E-state index in [0.29, 0.717) is 13.2 Å². The second-order valence-corrected chi connectivity index (χ2v) is 8.05. The van der Waals surface area contributed by atoms with E-state index in [-0.39, 0.29) is 12.2 Å². The smallest absolute Gasteiger partial charge is 0.139 e. The van der Waals surface area contributed by atoms with Crippen LogP contribution in [0.15, 0.2) is 28.7 Å². The lowest BCUT2D eigenvalue weighted by Crippen LogP contribution is -2.06. The third-order valence-electron chi connectivity index (χ3n) is 5.53. The van der Waals surface area contributed by atoms with Crippen LogP contribution in [0.2, 0.25) is 0 Å². The Morgan fingerprint density at radius 2 is 1.21 bits per heavy atom. The molecule has 0 amide bonds. The number of ether oxygens (including phenoxy) is 4. The molecule has 0 aliphatic carbocycles. The molecule has 29 heavy (non-hydrogen) atoms. The van der Waals surface area contributed by atoms with Gasteiger partial charge < -0.3 is 23.4 Å². The first-order valence-electron chi connectivity index (χ1n) is 10.8. The first-order chi connectivity index (χ1) is 14.2. The van der Waals surface area contributed by atoms with Crippen LogP contribution in [-0.4, -0.2) is 38.6 Å². The van der Waals surface area contributed by atoms with Gasteiger partial charge in [0.25, 0.3) is 0 Å². The Morgan fingerprint density at radius 1 is 0.759 bits per heavy atom. The average molecular weight is 396 g/mol. The third kappa shape index (κ3) is 4.07. The molecule has 5 heteroatoms. The maximum atomic E-state index is 6.22. The summed E-state index contributed by atoms with van der Waals surface area (Å²) in [6.45, 7) is 7.18. The zero-order valence-corrected chi connectivity index (χ0v) is 17.2. The van der Waals surface area contributed by atoms with E-state index in [4.69, 9.17) is 23.4 Å². The summed E-state index contributed by atoms with van der Waals surface area (Å²) in [6.07, 6.45) is 4.58. The molecule has 154 valence electrons. The fraction of sp³-hybridized carbons (Fsp3) is 0.500. The number of benzene rings is 2. The summed E-state index contributed by atoms with van der Waals surface area (Å²) in [5, 5.41) is 2.29. The molecular formula is C24H28O5. The van der Waals surface area contributed by atoms with Crippen molar-refractivity contribution >= 4 is 21.9 Å². The fourth-order valence-corrected chi connectivity index (χ4v) is 3.81. The van der Waals surface area contributed by atoms with E-state index in [2.05, 4.69) is 26.0 Å². The molecule has 0 N–H and O–H groups in total. The normalized spacial score (nSPS) is 20.3. The van der Waals surface area contributed by atoms with Gasteiger partial charge in [-0.3, -0.25) is 0 Å². The number of rotatable bonds is 10. The second-order valence-electron chi connectivity index (χ2n) is 8.05. The van der Waals surface area contributed by atoms with Crippen molar-refractivity contribution < 1.29 is 23.4 Å². The lowest BCUT2D eigenvalue weighted by Gasteiger charge is -2.11. The van der Waals surface area contributed by atoms with E-state index < -0.39 is 0 Å². The maximum Gasteiger partial charge on any atom is 0.139 e. The molecule has 0 spiro atoms. The molecule has 5 nitrogen and oxygen atoms in total. The first kappa shape index (κ1) is 18.8. The predicted octanol–water partition coefficient (Wildman–Crippen LogP) is 5.05. The van der Waals surface area contributed by atoms with Crippen LogP contribution in [0.3, 0.4) is 0 Å². The standard InChI is InChI=1S/C24H28O5/c1-3-5-15-7-19-20-8-16(6-4-2)22(28-14-18-12-26-18)10-24(20)29-23(19)9-21(15)27-13-17-11-25-17/h7-10,17-18H,3-6,11-14H2,1-2H3. The molecule has 2 aliphatic rings. The van der Waals surface area contributed by atoms with Crippen LogP contribution in [0, 0.1) is 0 Å². The average Bonchev–Trinajstić information content (AvgIpc) is 3.63. The number of aryl methyl sites for hydroxylation is 2. The Kier molecular flexibility index (Phi) is 5.10. The molecule has 2 unspecified atom stereocenters. The van der Waals surface area contributed by atoms with Gasteiger partial charge in [-0.2, -0.15) is 0 Å². The van der Waals surface area contributed by atoms with E-state index >= 15 is 0 Å². The van der Waals surface area contributed by atoms with Crippen molar-refractivity contribution in [2.75, 3.05) is 26.4 Å². The molecule has 0 bridgehead atoms. The van der Waals surface area contributed by atoms with Gasteiger partial charge in [-0.05, 0) is 36.1 Å². The van der Waals surface area contributed by atoms with E-state index in [1.54, 1.807) is 0 Å². The largest absolute Gasteiger partial charge is 0.490 e. The minimum absolute atomic E-state index is 0.239. The Labute approximate surface area is 170 Å². The van der Waals surface area contributed by atoms with Gasteiger partial charge in [-0.15, -0.1) is 0 Å². The van der Waals surface area contributed by atoms with Gasteiger partial charge in [0.1, 0.15) is 48.1 Å². The highest BCUT2D eigenvalue weighted by molar-refractivity contribution is 6.06. The van der Waals surface area contributed by atoms with Gasteiger partial charge in [0, 0.05) is 22.9 Å². The summed E-state index contributed by atoms with van der Waals surface area (Å²) in [4.78, 5) is 0. The monoisotopic (exact) mass is 396 g/mol. The number of fused-ring (bicyclic) bond motifs is 3. The fourth-order valence-electron chi connectivity index (χ4n) is 3.81. The second kappa shape index (κ2) is 7.88. The van der Waals surface area contributed by atoms with Crippen LogP contribution in [0.5, 0.6) is 11.5 Å². The van der Waals surface area contributed by atoms with Crippen molar-refractivity contribution in [2.24, 2.45) is 0 Å². The molecule has 2 aromatic carbocycles. The van der Waals surface area contributed by atoms with Gasteiger partial charge in [-0.25, -0.2) is 0 Å². The summed E-state index contributed by atoms with van der Waals surface area (Å²) in [5.41, 5.74) is 4.17. The highest BCUT2D eigenvalue weighted by atomic mass is 16.6. The van der Waals surface area contributed by atoms with Crippen molar-refractivity contribution in [1.82, 2.24) is 0 Å². The van der Waals surface area contributed by atoms with Crippen LogP contribution >= 0.6 is 0 Å². The van der Waals surface area contributed by atoms with Gasteiger partial charge >= 0.3 is 0 Å². The number of furan rings is 1. The van der Waals surface area contributed by atoms with E-state index in [0.717, 1.165) is 72.3 Å². The minimum Gasteiger partial charge on any atom is -0.490 e. The molecule has 2 saturated heterocycles. The van der Waals surface area contributed by atoms with E-state index in [1.807, 2.05) is 12.1 Å². The van der Waals surface area contributed by atoms with Crippen LogP contribution < -0.4 is 9.47 Å². The summed E-state index contributed by atoms with van der Waals surface area (Å²) >= 11 is 0. The molecule has 5 rings (SSSR count). The minimum atomic E-state index is 0.239. The molecule has 0 saturated carbocycles. The van der Waals surface area contributed by atoms with Gasteiger partial charge in [0.15, 0.2) is 0 Å². The van der Waals surface area contributed by atoms with Crippen LogP contribution in [0.25, 0.3) is 21.9 Å². The van der Waals surface area contributed by atoms with Crippen molar-refractivity contribution in [3.63, 3.8) is 0 Å². The summed E-state index contributed by atoms with van der Waals surface area (Å²) < 4.78 is 28.9. The summed E-state index contributed by atoms with van der Waals surface area (Å²) in [7, 11) is 0. The SMILES string of the molecule is CCCc1cc2c(cc1OCC1CO1)oc1cc(OCC3CO3)c(CCC)cc12. The Bertz CT molecular complexity index is 933. The van der Waals surface area contributed by atoms with Gasteiger partial charge in [-0.1, -0.05) is 26.7 Å². The lowest BCUT2D eigenvalue weighted by atomic mass is 10.0. The Morgan fingerprint density at radius 3 is 1.59 bits per heavy atom. The van der Waals surface area contributed by atoms with Gasteiger partial charge in [0.2, 0.25) is 0 Å². The zero-order valence-electron chi connectivity index (χ0n) is 17.2. The summed E-state index contributed by atoms with van der Waals surface area (Å²) in [5.74, 6) is 1.81. The highest BCUT2D eigenvalue weighted by Crippen LogP contribution is 2.38. The molecule has 2 fully saturated rings. The van der Waals surface area contributed by atoms with Crippen molar-refractivity contribution in [2.45, 2.75) is 51.7 Å². The van der Waals surface area contributed by atoms with Crippen molar-refractivity contribution in [1.29, 1.82) is 0 Å². The number of hydrogen-bond acceptors (Lipinski definition) is 5. The molecule has 2 atom stereocenters. The quantitative estimate of drug-likeness (QED) is 0.449. The Hall–Kier alpha value is -2.24. The molecule has 2 aliphatic heterocycles. The first-order valence-corrected chi connectivity index (χ1v) is 10.8. The van der Waals surface area contributed by atoms with E-state index in [1.165, 1.54) is 11.1 Å². The topological polar surface area (TPSA) is 56.7 Å². The predicted molar refractivity (Wildman–Crippen MR) is 112 cm³/mol. The molecule has 3 heterocycles. The van der Waals surface area contributed by atoms with Crippen molar-refractivity contribution in [3.05, 3.63) is 35.4 Å². The van der Waals surface area contributed by atoms with E-state index in [9.17, 15) is 0 Å². The van der Waals surface area contributed by atoms with Gasteiger partial charge in [0.05, 0.1) is 13.2 Å². The zero-order chi connectivity index (χ0) is 19.8. The van der Waals surface area contributed by atoms with Crippen LogP contribution in [-0.2, 0) is 22.3 Å².